The first-order chi connectivity index (χ1) is 17.8. The molecule has 1 saturated carbocycles. The highest BCUT2D eigenvalue weighted by Gasteiger charge is 2.42. The largest absolute Gasteiger partial charge is 0.457 e. The Morgan fingerprint density at radius 2 is 1.22 bits per heavy atom. The van der Waals surface area contributed by atoms with Gasteiger partial charge in [0.2, 0.25) is 0 Å². The molecule has 2 atom stereocenters. The van der Waals surface area contributed by atoms with Crippen LogP contribution in [0.15, 0.2) is 97.1 Å². The fourth-order valence-corrected chi connectivity index (χ4v) is 6.24. The van der Waals surface area contributed by atoms with Gasteiger partial charge >= 0.3 is 0 Å². The van der Waals surface area contributed by atoms with Crippen molar-refractivity contribution < 1.29 is 9.47 Å². The molecule has 2 fully saturated rings. The zero-order valence-electron chi connectivity index (χ0n) is 20.2. The lowest BCUT2D eigenvalue weighted by Crippen LogP contribution is -2.33. The van der Waals surface area contributed by atoms with Crippen molar-refractivity contribution in [1.82, 2.24) is 10.9 Å². The molecule has 2 unspecified atom stereocenters. The maximum Gasteiger partial charge on any atom is 0.149 e. The second-order valence-electron chi connectivity index (χ2n) is 10.2. The molecule has 7 rings (SSSR count). The predicted octanol–water partition coefficient (Wildman–Crippen LogP) is 7.53. The first-order valence-electron chi connectivity index (χ1n) is 13.0. The number of hydrogen-bond donors (Lipinski definition) is 2. The molecule has 1 aliphatic carbocycles. The molecular weight excluding hydrogens is 444 g/mol. The van der Waals surface area contributed by atoms with Crippen LogP contribution in [-0.2, 0) is 10.2 Å². The summed E-state index contributed by atoms with van der Waals surface area (Å²) in [7, 11) is 0. The van der Waals surface area contributed by atoms with Crippen molar-refractivity contribution in [2.24, 2.45) is 0 Å². The Balaban J connectivity index is 1.18. The van der Waals surface area contributed by atoms with E-state index in [0.29, 0.717) is 0 Å². The van der Waals surface area contributed by atoms with Crippen LogP contribution >= 0.6 is 0 Å². The molecule has 2 N–H and O–H groups in total. The summed E-state index contributed by atoms with van der Waals surface area (Å²) < 4.78 is 12.6. The number of para-hydroxylation sites is 1. The van der Waals surface area contributed by atoms with Crippen molar-refractivity contribution in [1.29, 1.82) is 0 Å². The normalized spacial score (nSPS) is 22.0. The smallest absolute Gasteiger partial charge is 0.149 e. The summed E-state index contributed by atoms with van der Waals surface area (Å²) in [5.41, 5.74) is 13.9. The highest BCUT2D eigenvalue weighted by molar-refractivity contribution is 5.69. The summed E-state index contributed by atoms with van der Waals surface area (Å²) in [6.07, 6.45) is 5.86. The van der Waals surface area contributed by atoms with Gasteiger partial charge in [-0.2, -0.15) is 0 Å². The molecule has 0 bridgehead atoms. The molecule has 180 valence electrons. The van der Waals surface area contributed by atoms with Crippen molar-refractivity contribution in [2.45, 2.75) is 50.0 Å². The van der Waals surface area contributed by atoms with Crippen molar-refractivity contribution in [3.63, 3.8) is 0 Å². The molecular formula is C32H30N2O2. The van der Waals surface area contributed by atoms with E-state index in [9.17, 15) is 0 Å². The summed E-state index contributed by atoms with van der Waals surface area (Å²) in [5.74, 6) is 2.04. The molecule has 4 nitrogen and oxygen atoms in total. The summed E-state index contributed by atoms with van der Waals surface area (Å²) in [5, 5.41) is 0. The van der Waals surface area contributed by atoms with E-state index >= 15 is 0 Å². The number of nitrogens with one attached hydrogen (secondary N) is 2. The molecule has 4 aromatic rings. The second-order valence-corrected chi connectivity index (χ2v) is 10.2. The predicted molar refractivity (Wildman–Crippen MR) is 142 cm³/mol. The van der Waals surface area contributed by atoms with Crippen LogP contribution < -0.4 is 15.6 Å². The highest BCUT2D eigenvalue weighted by atomic mass is 16.5. The van der Waals surface area contributed by atoms with Crippen LogP contribution in [0.1, 0.15) is 66.8 Å². The van der Waals surface area contributed by atoms with Gasteiger partial charge in [-0.3, -0.25) is 0 Å². The minimum absolute atomic E-state index is 0.0537. The maximum atomic E-state index is 6.40. The lowest BCUT2D eigenvalue weighted by atomic mass is 9.63. The van der Waals surface area contributed by atoms with Crippen LogP contribution in [0, 0.1) is 0 Å². The summed E-state index contributed by atoms with van der Waals surface area (Å²) in [6, 6.07) is 34.3. The molecule has 0 amide bonds. The van der Waals surface area contributed by atoms with Gasteiger partial charge in [0.25, 0.3) is 0 Å². The molecule has 36 heavy (non-hydrogen) atoms. The Labute approximate surface area is 212 Å². The van der Waals surface area contributed by atoms with Crippen LogP contribution in [0.3, 0.4) is 0 Å². The van der Waals surface area contributed by atoms with Gasteiger partial charge in [0.05, 0.1) is 0 Å². The SMILES string of the molecule is c1ccc(C2NNC(c3ccc(-c4ccc5c(c4)C4(CCCCC4)c4ccccc4O5)cc3)O2)cc1. The van der Waals surface area contributed by atoms with Crippen LogP contribution in [0.2, 0.25) is 0 Å². The Hall–Kier alpha value is -3.44. The summed E-state index contributed by atoms with van der Waals surface area (Å²) >= 11 is 0. The Morgan fingerprint density at radius 1 is 0.583 bits per heavy atom. The topological polar surface area (TPSA) is 42.5 Å². The van der Waals surface area contributed by atoms with Gasteiger partial charge in [0.1, 0.15) is 24.0 Å². The second kappa shape index (κ2) is 8.90. The molecule has 1 saturated heterocycles. The minimum Gasteiger partial charge on any atom is -0.457 e. The van der Waals surface area contributed by atoms with Crippen LogP contribution in [0.5, 0.6) is 11.5 Å². The van der Waals surface area contributed by atoms with Gasteiger partial charge in [-0.1, -0.05) is 98.1 Å². The first kappa shape index (κ1) is 21.8. The van der Waals surface area contributed by atoms with Gasteiger partial charge in [0, 0.05) is 16.5 Å². The zero-order chi connectivity index (χ0) is 24.0. The standard InChI is InChI=1S/C32H30N2O2/c1-3-9-23(10-4-1)30-33-34-31(36-30)24-15-13-22(14-16-24)25-17-18-29-27(21-25)32(19-7-2-8-20-32)26-11-5-6-12-28(26)35-29/h1,3-6,9-18,21,30-31,33-34H,2,7-8,19-20H2. The molecule has 3 aliphatic rings. The number of ether oxygens (including phenoxy) is 2. The Bertz CT molecular complexity index is 1380. The zero-order valence-corrected chi connectivity index (χ0v) is 20.2. The van der Waals surface area contributed by atoms with Crippen molar-refractivity contribution in [3.8, 4) is 22.6 Å². The van der Waals surface area contributed by atoms with E-state index in [1.54, 1.807) is 0 Å². The molecule has 0 radical (unpaired) electrons. The third-order valence-electron chi connectivity index (χ3n) is 8.09. The van der Waals surface area contributed by atoms with E-state index in [-0.39, 0.29) is 17.9 Å². The maximum absolute atomic E-state index is 6.40. The lowest BCUT2D eigenvalue weighted by Gasteiger charge is -2.43. The van der Waals surface area contributed by atoms with E-state index in [4.69, 9.17) is 9.47 Å². The van der Waals surface area contributed by atoms with Gasteiger partial charge in [-0.15, -0.1) is 0 Å². The average Bonchev–Trinajstić information content (AvgIpc) is 3.45. The number of hydrogen-bond acceptors (Lipinski definition) is 4. The molecule has 1 spiro atoms. The van der Waals surface area contributed by atoms with Crippen molar-refractivity contribution in [3.05, 3.63) is 119 Å². The van der Waals surface area contributed by atoms with Crippen molar-refractivity contribution in [2.75, 3.05) is 0 Å². The van der Waals surface area contributed by atoms with Crippen LogP contribution in [-0.4, -0.2) is 0 Å². The summed E-state index contributed by atoms with van der Waals surface area (Å²) in [4.78, 5) is 0. The fraction of sp³-hybridized carbons (Fsp3) is 0.250. The highest BCUT2D eigenvalue weighted by Crippen LogP contribution is 2.55. The van der Waals surface area contributed by atoms with E-state index in [1.807, 2.05) is 18.2 Å². The first-order valence-corrected chi connectivity index (χ1v) is 13.0. The van der Waals surface area contributed by atoms with Crippen LogP contribution in [0.25, 0.3) is 11.1 Å². The number of hydrazine groups is 1. The fourth-order valence-electron chi connectivity index (χ4n) is 6.24. The van der Waals surface area contributed by atoms with E-state index in [2.05, 4.69) is 89.7 Å². The van der Waals surface area contributed by atoms with Gasteiger partial charge in [-0.05, 0) is 53.3 Å². The monoisotopic (exact) mass is 474 g/mol. The third kappa shape index (κ3) is 3.65. The van der Waals surface area contributed by atoms with E-state index in [0.717, 1.165) is 22.6 Å². The third-order valence-corrected chi connectivity index (χ3v) is 8.09. The quantitative estimate of drug-likeness (QED) is 0.322. The lowest BCUT2D eigenvalue weighted by molar-refractivity contribution is 0.0341. The Kier molecular flexibility index (Phi) is 5.39. The van der Waals surface area contributed by atoms with Gasteiger partial charge in [-0.25, -0.2) is 10.9 Å². The summed E-state index contributed by atoms with van der Waals surface area (Å²) in [6.45, 7) is 0. The molecule has 0 aromatic heterocycles. The molecule has 4 aromatic carbocycles. The average molecular weight is 475 g/mol. The van der Waals surface area contributed by atoms with E-state index in [1.165, 1.54) is 54.4 Å². The number of fused-ring (bicyclic) bond motifs is 4. The van der Waals surface area contributed by atoms with Crippen molar-refractivity contribution >= 4 is 0 Å². The van der Waals surface area contributed by atoms with Gasteiger partial charge < -0.3 is 9.47 Å². The molecule has 4 heteroatoms. The minimum atomic E-state index is -0.191. The van der Waals surface area contributed by atoms with E-state index < -0.39 is 0 Å². The Morgan fingerprint density at radius 3 is 2.00 bits per heavy atom. The number of benzene rings is 4. The van der Waals surface area contributed by atoms with Gasteiger partial charge in [0.15, 0.2) is 0 Å². The molecule has 2 heterocycles. The van der Waals surface area contributed by atoms with Crippen LogP contribution in [0.4, 0.5) is 0 Å². The number of rotatable bonds is 3. The molecule has 2 aliphatic heterocycles.